The smallest absolute Gasteiger partial charge is 0.244 e. The molecule has 0 bridgehead atoms. The molecule has 8 nitrogen and oxygen atoms in total. The van der Waals surface area contributed by atoms with Crippen molar-refractivity contribution in [3.63, 3.8) is 0 Å². The number of aromatic nitrogens is 2. The molecule has 1 amide bonds. The molecule has 9 heteroatoms. The maximum Gasteiger partial charge on any atom is 0.244 e. The standard InChI is InChI=1S/C27H25N3O5S/c1-16-5-12-23(17(2)13-16)36(34,35)24-14-30(27-22(26(24)33)11-6-18(3)28-27)15-25(32)29-21-9-7-20(8-10-21)19(4)31/h5-14H,15H2,1-4H3,(H,29,32). The van der Waals surface area contributed by atoms with Gasteiger partial charge in [-0.15, -0.1) is 0 Å². The van der Waals surface area contributed by atoms with Crippen LogP contribution in [0, 0.1) is 20.8 Å². The number of amides is 1. The predicted molar refractivity (Wildman–Crippen MR) is 137 cm³/mol. The van der Waals surface area contributed by atoms with Gasteiger partial charge in [-0.3, -0.25) is 14.4 Å². The number of rotatable bonds is 6. The van der Waals surface area contributed by atoms with Gasteiger partial charge in [0.1, 0.15) is 17.1 Å². The molecule has 0 aliphatic heterocycles. The predicted octanol–water partition coefficient (Wildman–Crippen LogP) is 4.00. The van der Waals surface area contributed by atoms with E-state index in [-0.39, 0.29) is 28.3 Å². The minimum atomic E-state index is -4.17. The summed E-state index contributed by atoms with van der Waals surface area (Å²) in [6.45, 7) is 6.44. The number of benzene rings is 2. The topological polar surface area (TPSA) is 115 Å². The van der Waals surface area contributed by atoms with Crippen molar-refractivity contribution < 1.29 is 18.0 Å². The van der Waals surface area contributed by atoms with Gasteiger partial charge in [0.05, 0.1) is 10.3 Å². The van der Waals surface area contributed by atoms with E-state index in [9.17, 15) is 22.8 Å². The minimum absolute atomic E-state index is 0.0335. The first kappa shape index (κ1) is 25.0. The normalized spacial score (nSPS) is 11.4. The zero-order chi connectivity index (χ0) is 26.2. The number of aryl methyl sites for hydroxylation is 3. The molecule has 0 unspecified atom stereocenters. The van der Waals surface area contributed by atoms with Crippen molar-refractivity contribution in [1.82, 2.24) is 9.55 Å². The second-order valence-corrected chi connectivity index (χ2v) is 10.6. The van der Waals surface area contributed by atoms with Gasteiger partial charge in [-0.2, -0.15) is 0 Å². The van der Waals surface area contributed by atoms with E-state index in [4.69, 9.17) is 0 Å². The van der Waals surface area contributed by atoms with Crippen LogP contribution in [0.3, 0.4) is 0 Å². The highest BCUT2D eigenvalue weighted by Crippen LogP contribution is 2.24. The largest absolute Gasteiger partial charge is 0.325 e. The maximum absolute atomic E-state index is 13.6. The molecule has 0 fully saturated rings. The molecule has 36 heavy (non-hydrogen) atoms. The Morgan fingerprint density at radius 1 is 0.944 bits per heavy atom. The second kappa shape index (κ2) is 9.50. The fraction of sp³-hybridized carbons (Fsp3) is 0.185. The molecule has 1 N–H and O–H groups in total. The Kier molecular flexibility index (Phi) is 6.60. The SMILES string of the molecule is CC(=O)c1ccc(NC(=O)Cn2cc(S(=O)(=O)c3ccc(C)cc3C)c(=O)c3ccc(C)nc32)cc1. The number of Topliss-reactive ketones (excluding diaryl/α,β-unsaturated/α-hetero) is 1. The molecule has 184 valence electrons. The lowest BCUT2D eigenvalue weighted by Crippen LogP contribution is -2.24. The third kappa shape index (κ3) is 4.83. The minimum Gasteiger partial charge on any atom is -0.325 e. The molecule has 0 aliphatic carbocycles. The molecule has 0 spiro atoms. The number of carbonyl (C=O) groups excluding carboxylic acids is 2. The van der Waals surface area contributed by atoms with Gasteiger partial charge in [-0.1, -0.05) is 17.7 Å². The molecule has 2 heterocycles. The summed E-state index contributed by atoms with van der Waals surface area (Å²) in [5.74, 6) is -0.541. The molecule has 2 aromatic carbocycles. The molecular formula is C27H25N3O5S. The summed E-state index contributed by atoms with van der Waals surface area (Å²) in [5, 5.41) is 2.83. The van der Waals surface area contributed by atoms with Gasteiger partial charge in [0.25, 0.3) is 0 Å². The number of ketones is 1. The zero-order valence-corrected chi connectivity index (χ0v) is 21.1. The molecule has 0 atom stereocenters. The molecule has 0 saturated carbocycles. The van der Waals surface area contributed by atoms with Gasteiger partial charge >= 0.3 is 0 Å². The third-order valence-corrected chi connectivity index (χ3v) is 7.73. The average Bonchev–Trinajstić information content (AvgIpc) is 2.80. The Labute approximate surface area is 208 Å². The van der Waals surface area contributed by atoms with Gasteiger partial charge < -0.3 is 9.88 Å². The summed E-state index contributed by atoms with van der Waals surface area (Å²) in [7, 11) is -4.17. The Balaban J connectivity index is 1.79. The first-order valence-corrected chi connectivity index (χ1v) is 12.7. The quantitative estimate of drug-likeness (QED) is 0.398. The molecule has 0 saturated heterocycles. The fourth-order valence-corrected chi connectivity index (χ4v) is 5.59. The Morgan fingerprint density at radius 2 is 1.64 bits per heavy atom. The van der Waals surface area contributed by atoms with Crippen molar-refractivity contribution in [2.75, 3.05) is 5.32 Å². The van der Waals surface area contributed by atoms with Gasteiger partial charge in [-0.25, -0.2) is 13.4 Å². The van der Waals surface area contributed by atoms with E-state index >= 15 is 0 Å². The summed E-state index contributed by atoms with van der Waals surface area (Å²) < 4.78 is 28.5. The van der Waals surface area contributed by atoms with Gasteiger partial charge in [0, 0.05) is 23.1 Å². The van der Waals surface area contributed by atoms with E-state index in [2.05, 4.69) is 10.3 Å². The molecule has 0 radical (unpaired) electrons. The Bertz CT molecular complexity index is 1690. The number of hydrogen-bond acceptors (Lipinski definition) is 6. The van der Waals surface area contributed by atoms with Crippen LogP contribution in [-0.4, -0.2) is 29.7 Å². The molecular weight excluding hydrogens is 478 g/mol. The summed E-state index contributed by atoms with van der Waals surface area (Å²) in [6, 6.07) is 14.5. The highest BCUT2D eigenvalue weighted by atomic mass is 32.2. The maximum atomic E-state index is 13.6. The number of pyridine rings is 2. The number of hydrogen-bond donors (Lipinski definition) is 1. The van der Waals surface area contributed by atoms with Crippen molar-refractivity contribution in [3.8, 4) is 0 Å². The van der Waals surface area contributed by atoms with E-state index in [1.807, 2.05) is 6.92 Å². The number of carbonyl (C=O) groups is 2. The van der Waals surface area contributed by atoms with E-state index in [0.29, 0.717) is 22.5 Å². The number of nitrogens with zero attached hydrogens (tertiary/aromatic N) is 2. The van der Waals surface area contributed by atoms with Gasteiger partial charge in [-0.05, 0) is 75.7 Å². The van der Waals surface area contributed by atoms with Crippen LogP contribution in [0.25, 0.3) is 11.0 Å². The van der Waals surface area contributed by atoms with Crippen LogP contribution in [0.4, 0.5) is 5.69 Å². The Hall–Kier alpha value is -4.11. The van der Waals surface area contributed by atoms with Crippen LogP contribution in [0.5, 0.6) is 0 Å². The number of sulfone groups is 1. The van der Waals surface area contributed by atoms with Gasteiger partial charge in [0.15, 0.2) is 5.78 Å². The van der Waals surface area contributed by atoms with E-state index < -0.39 is 26.1 Å². The lowest BCUT2D eigenvalue weighted by molar-refractivity contribution is -0.116. The zero-order valence-electron chi connectivity index (χ0n) is 20.3. The van der Waals surface area contributed by atoms with Crippen LogP contribution in [0.15, 0.2) is 75.4 Å². The lowest BCUT2D eigenvalue weighted by atomic mass is 10.1. The van der Waals surface area contributed by atoms with Gasteiger partial charge in [0.2, 0.25) is 21.2 Å². The lowest BCUT2D eigenvalue weighted by Gasteiger charge is -2.15. The van der Waals surface area contributed by atoms with Crippen LogP contribution >= 0.6 is 0 Å². The van der Waals surface area contributed by atoms with Crippen LogP contribution in [-0.2, 0) is 21.2 Å². The van der Waals surface area contributed by atoms with E-state index in [1.165, 1.54) is 29.8 Å². The summed E-state index contributed by atoms with van der Waals surface area (Å²) in [6.07, 6.45) is 1.18. The average molecular weight is 504 g/mol. The van der Waals surface area contributed by atoms with Crippen LogP contribution in [0.1, 0.15) is 34.1 Å². The summed E-state index contributed by atoms with van der Waals surface area (Å²) in [5.41, 5.74) is 2.56. The molecule has 2 aromatic heterocycles. The number of nitrogens with one attached hydrogen (secondary N) is 1. The monoisotopic (exact) mass is 503 g/mol. The van der Waals surface area contributed by atoms with Crippen LogP contribution in [0.2, 0.25) is 0 Å². The molecule has 4 aromatic rings. The van der Waals surface area contributed by atoms with Crippen molar-refractivity contribution in [3.05, 3.63) is 93.4 Å². The molecule has 0 aliphatic rings. The summed E-state index contributed by atoms with van der Waals surface area (Å²) in [4.78, 5) is 41.7. The first-order chi connectivity index (χ1) is 17.0. The van der Waals surface area contributed by atoms with Crippen molar-refractivity contribution in [2.45, 2.75) is 44.0 Å². The van der Waals surface area contributed by atoms with Crippen molar-refractivity contribution in [1.29, 1.82) is 0 Å². The highest BCUT2D eigenvalue weighted by Gasteiger charge is 2.26. The Morgan fingerprint density at radius 3 is 2.28 bits per heavy atom. The summed E-state index contributed by atoms with van der Waals surface area (Å²) >= 11 is 0. The second-order valence-electron chi connectivity index (χ2n) is 8.73. The third-order valence-electron chi connectivity index (χ3n) is 5.83. The van der Waals surface area contributed by atoms with Crippen molar-refractivity contribution in [2.24, 2.45) is 0 Å². The highest BCUT2D eigenvalue weighted by molar-refractivity contribution is 7.91. The fourth-order valence-electron chi connectivity index (χ4n) is 4.01. The van der Waals surface area contributed by atoms with E-state index in [1.54, 1.807) is 56.3 Å². The first-order valence-electron chi connectivity index (χ1n) is 11.2. The van der Waals surface area contributed by atoms with Crippen molar-refractivity contribution >= 4 is 38.2 Å². The number of anilines is 1. The van der Waals surface area contributed by atoms with Crippen LogP contribution < -0.4 is 10.7 Å². The number of fused-ring (bicyclic) bond motifs is 1. The van der Waals surface area contributed by atoms with E-state index in [0.717, 1.165) is 5.56 Å². The molecule has 4 rings (SSSR count).